The molecule has 0 spiro atoms. The number of aromatic hydroxyl groups is 1. The predicted octanol–water partition coefficient (Wildman–Crippen LogP) is 5.26. The van der Waals surface area contributed by atoms with Gasteiger partial charge in [-0.05, 0) is 25.5 Å². The SMILES string of the molecule is CCCCCCCCCC[C@@H](O)c1cc(C)ccc1O. The molecule has 1 rings (SSSR count). The third-order valence-corrected chi connectivity index (χ3v) is 3.87. The minimum Gasteiger partial charge on any atom is -0.508 e. The summed E-state index contributed by atoms with van der Waals surface area (Å²) in [7, 11) is 0. The highest BCUT2D eigenvalue weighted by atomic mass is 16.3. The first-order valence-electron chi connectivity index (χ1n) is 8.12. The second-order valence-electron chi connectivity index (χ2n) is 5.84. The van der Waals surface area contributed by atoms with E-state index in [1.807, 2.05) is 19.1 Å². The van der Waals surface area contributed by atoms with E-state index >= 15 is 0 Å². The number of unbranched alkanes of at least 4 members (excludes halogenated alkanes) is 7. The Morgan fingerprint density at radius 2 is 1.55 bits per heavy atom. The summed E-state index contributed by atoms with van der Waals surface area (Å²) in [4.78, 5) is 0. The molecular weight excluding hydrogens is 248 g/mol. The van der Waals surface area contributed by atoms with Gasteiger partial charge in [0.05, 0.1) is 6.10 Å². The quantitative estimate of drug-likeness (QED) is 0.573. The van der Waals surface area contributed by atoms with Crippen LogP contribution in [-0.4, -0.2) is 10.2 Å². The molecule has 1 aromatic rings. The lowest BCUT2D eigenvalue weighted by atomic mass is 9.99. The van der Waals surface area contributed by atoms with Crippen molar-refractivity contribution in [3.63, 3.8) is 0 Å². The highest BCUT2D eigenvalue weighted by molar-refractivity contribution is 5.37. The molecule has 2 nitrogen and oxygen atoms in total. The highest BCUT2D eigenvalue weighted by Gasteiger charge is 2.11. The standard InChI is InChI=1S/C18H30O2/c1-3-4-5-6-7-8-9-10-11-17(19)16-14-15(2)12-13-18(16)20/h12-14,17,19-20H,3-11H2,1-2H3/t17-/m1/s1. The Kier molecular flexibility index (Phi) is 8.36. The summed E-state index contributed by atoms with van der Waals surface area (Å²) in [5.41, 5.74) is 1.75. The number of benzene rings is 1. The Bertz CT molecular complexity index is 374. The van der Waals surface area contributed by atoms with Crippen LogP contribution in [0.1, 0.15) is 81.9 Å². The molecule has 0 fully saturated rings. The average Bonchev–Trinajstić information content (AvgIpc) is 2.44. The first-order chi connectivity index (χ1) is 9.65. The van der Waals surface area contributed by atoms with Crippen LogP contribution < -0.4 is 0 Å². The first-order valence-corrected chi connectivity index (χ1v) is 8.12. The van der Waals surface area contributed by atoms with Crippen molar-refractivity contribution >= 4 is 0 Å². The molecule has 0 aromatic heterocycles. The van der Waals surface area contributed by atoms with Gasteiger partial charge >= 0.3 is 0 Å². The molecule has 0 aliphatic rings. The van der Waals surface area contributed by atoms with Gasteiger partial charge in [0.1, 0.15) is 5.75 Å². The zero-order valence-corrected chi connectivity index (χ0v) is 13.1. The van der Waals surface area contributed by atoms with E-state index in [-0.39, 0.29) is 5.75 Å². The number of hydrogen-bond donors (Lipinski definition) is 2. The molecular formula is C18H30O2. The van der Waals surface area contributed by atoms with E-state index < -0.39 is 6.10 Å². The fourth-order valence-corrected chi connectivity index (χ4v) is 2.57. The van der Waals surface area contributed by atoms with Crippen LogP contribution in [0.5, 0.6) is 5.75 Å². The van der Waals surface area contributed by atoms with Crippen LogP contribution >= 0.6 is 0 Å². The molecule has 2 heteroatoms. The smallest absolute Gasteiger partial charge is 0.121 e. The fourth-order valence-electron chi connectivity index (χ4n) is 2.57. The molecule has 0 bridgehead atoms. The van der Waals surface area contributed by atoms with E-state index in [1.54, 1.807) is 6.07 Å². The normalized spacial score (nSPS) is 12.6. The zero-order chi connectivity index (χ0) is 14.8. The van der Waals surface area contributed by atoms with Crippen molar-refractivity contribution < 1.29 is 10.2 Å². The number of phenols is 1. The van der Waals surface area contributed by atoms with Gasteiger partial charge in [-0.2, -0.15) is 0 Å². The van der Waals surface area contributed by atoms with E-state index in [2.05, 4.69) is 6.92 Å². The summed E-state index contributed by atoms with van der Waals surface area (Å²) in [6.45, 7) is 4.22. The summed E-state index contributed by atoms with van der Waals surface area (Å²) in [6, 6.07) is 5.41. The molecule has 20 heavy (non-hydrogen) atoms. The van der Waals surface area contributed by atoms with E-state index in [0.29, 0.717) is 5.56 Å². The van der Waals surface area contributed by atoms with E-state index in [9.17, 15) is 10.2 Å². The number of phenolic OH excluding ortho intramolecular Hbond substituents is 1. The molecule has 0 heterocycles. The van der Waals surface area contributed by atoms with E-state index in [0.717, 1.165) is 18.4 Å². The van der Waals surface area contributed by atoms with Crippen LogP contribution in [0.15, 0.2) is 18.2 Å². The van der Waals surface area contributed by atoms with Gasteiger partial charge < -0.3 is 10.2 Å². The molecule has 0 unspecified atom stereocenters. The van der Waals surface area contributed by atoms with Crippen molar-refractivity contribution in [3.05, 3.63) is 29.3 Å². The van der Waals surface area contributed by atoms with Gasteiger partial charge in [0.2, 0.25) is 0 Å². The number of aliphatic hydroxyl groups excluding tert-OH is 1. The maximum absolute atomic E-state index is 10.1. The predicted molar refractivity (Wildman–Crippen MR) is 85.0 cm³/mol. The zero-order valence-electron chi connectivity index (χ0n) is 13.1. The summed E-state index contributed by atoms with van der Waals surface area (Å²) in [5, 5.41) is 19.9. The molecule has 2 N–H and O–H groups in total. The number of hydrogen-bond acceptors (Lipinski definition) is 2. The average molecular weight is 278 g/mol. The van der Waals surface area contributed by atoms with Crippen molar-refractivity contribution in [1.82, 2.24) is 0 Å². The van der Waals surface area contributed by atoms with Crippen LogP contribution in [0.3, 0.4) is 0 Å². The summed E-state index contributed by atoms with van der Waals surface area (Å²) in [6.07, 6.45) is 10.3. The van der Waals surface area contributed by atoms with Gasteiger partial charge in [-0.1, -0.05) is 69.9 Å². The molecule has 0 saturated carbocycles. The van der Waals surface area contributed by atoms with Crippen molar-refractivity contribution in [3.8, 4) is 5.75 Å². The van der Waals surface area contributed by atoms with E-state index in [1.165, 1.54) is 44.9 Å². The Morgan fingerprint density at radius 1 is 0.950 bits per heavy atom. The Morgan fingerprint density at radius 3 is 2.20 bits per heavy atom. The fraction of sp³-hybridized carbons (Fsp3) is 0.667. The van der Waals surface area contributed by atoms with Crippen LogP contribution in [0.2, 0.25) is 0 Å². The topological polar surface area (TPSA) is 40.5 Å². The van der Waals surface area contributed by atoms with E-state index in [4.69, 9.17) is 0 Å². The minimum atomic E-state index is -0.532. The molecule has 0 saturated heterocycles. The second-order valence-corrected chi connectivity index (χ2v) is 5.84. The van der Waals surface area contributed by atoms with Crippen molar-refractivity contribution in [1.29, 1.82) is 0 Å². The maximum Gasteiger partial charge on any atom is 0.121 e. The minimum absolute atomic E-state index is 0.211. The van der Waals surface area contributed by atoms with Gasteiger partial charge in [-0.25, -0.2) is 0 Å². The lowest BCUT2D eigenvalue weighted by Gasteiger charge is -2.13. The lowest BCUT2D eigenvalue weighted by Crippen LogP contribution is -1.98. The monoisotopic (exact) mass is 278 g/mol. The molecule has 0 aliphatic carbocycles. The maximum atomic E-state index is 10.1. The Labute approximate surface area is 123 Å². The largest absolute Gasteiger partial charge is 0.508 e. The van der Waals surface area contributed by atoms with Crippen LogP contribution in [0.4, 0.5) is 0 Å². The molecule has 0 aliphatic heterocycles. The first kappa shape index (κ1) is 17.0. The molecule has 0 amide bonds. The van der Waals surface area contributed by atoms with Crippen molar-refractivity contribution in [2.45, 2.75) is 77.7 Å². The summed E-state index contributed by atoms with van der Waals surface area (Å²) in [5.74, 6) is 0.211. The second kappa shape index (κ2) is 9.82. The van der Waals surface area contributed by atoms with Crippen LogP contribution in [-0.2, 0) is 0 Å². The van der Waals surface area contributed by atoms with Gasteiger partial charge in [-0.3, -0.25) is 0 Å². The van der Waals surface area contributed by atoms with Crippen LogP contribution in [0.25, 0.3) is 0 Å². The summed E-state index contributed by atoms with van der Waals surface area (Å²) < 4.78 is 0. The Balaban J connectivity index is 2.17. The molecule has 0 radical (unpaired) electrons. The number of aliphatic hydroxyl groups is 1. The van der Waals surface area contributed by atoms with Gasteiger partial charge in [-0.15, -0.1) is 0 Å². The van der Waals surface area contributed by atoms with Crippen molar-refractivity contribution in [2.24, 2.45) is 0 Å². The lowest BCUT2D eigenvalue weighted by molar-refractivity contribution is 0.159. The third kappa shape index (κ3) is 6.42. The molecule has 1 aromatic carbocycles. The number of aryl methyl sites for hydroxylation is 1. The summed E-state index contributed by atoms with van der Waals surface area (Å²) >= 11 is 0. The van der Waals surface area contributed by atoms with Crippen molar-refractivity contribution in [2.75, 3.05) is 0 Å². The molecule has 114 valence electrons. The third-order valence-electron chi connectivity index (χ3n) is 3.87. The van der Waals surface area contributed by atoms with Gasteiger partial charge in [0.15, 0.2) is 0 Å². The highest BCUT2D eigenvalue weighted by Crippen LogP contribution is 2.28. The molecule has 1 atom stereocenters. The number of rotatable bonds is 10. The van der Waals surface area contributed by atoms with Gasteiger partial charge in [0, 0.05) is 5.56 Å². The van der Waals surface area contributed by atoms with Gasteiger partial charge in [0.25, 0.3) is 0 Å². The van der Waals surface area contributed by atoms with Crippen LogP contribution in [0, 0.1) is 6.92 Å². The Hall–Kier alpha value is -1.02.